The summed E-state index contributed by atoms with van der Waals surface area (Å²) in [5.74, 6) is -0.185. The molecule has 0 bridgehead atoms. The van der Waals surface area contributed by atoms with E-state index in [1.807, 2.05) is 43.5 Å². The molecular formula is C24H25NO2. The lowest BCUT2D eigenvalue weighted by molar-refractivity contribution is 0.103. The smallest absolute Gasteiger partial charge is 0.327 e. The van der Waals surface area contributed by atoms with Crippen molar-refractivity contribution >= 4 is 0 Å². The van der Waals surface area contributed by atoms with Crippen LogP contribution in [0.1, 0.15) is 18.1 Å². The van der Waals surface area contributed by atoms with E-state index in [2.05, 4.69) is 59.2 Å². The molecule has 2 aromatic rings. The van der Waals surface area contributed by atoms with Gasteiger partial charge in [-0.05, 0) is 48.8 Å². The van der Waals surface area contributed by atoms with Crippen LogP contribution in [-0.4, -0.2) is 22.7 Å². The Morgan fingerprint density at radius 2 is 1.56 bits per heavy atom. The van der Waals surface area contributed by atoms with E-state index in [4.69, 9.17) is 4.74 Å². The van der Waals surface area contributed by atoms with Crippen LogP contribution in [0.15, 0.2) is 102 Å². The van der Waals surface area contributed by atoms with Gasteiger partial charge in [-0.1, -0.05) is 66.7 Å². The summed E-state index contributed by atoms with van der Waals surface area (Å²) in [7, 11) is 0. The van der Waals surface area contributed by atoms with Crippen LogP contribution in [0.2, 0.25) is 0 Å². The maximum atomic E-state index is 9.96. The number of allylic oxidation sites excluding steroid dienone is 3. The lowest BCUT2D eigenvalue weighted by Crippen LogP contribution is -2.34. The van der Waals surface area contributed by atoms with Crippen molar-refractivity contribution in [1.82, 2.24) is 4.90 Å². The predicted molar refractivity (Wildman–Crippen MR) is 109 cm³/mol. The Labute approximate surface area is 161 Å². The van der Waals surface area contributed by atoms with E-state index in [0.717, 1.165) is 18.5 Å². The molecule has 3 rings (SSSR count). The quantitative estimate of drug-likeness (QED) is 0.548. The molecule has 0 spiro atoms. The van der Waals surface area contributed by atoms with E-state index < -0.39 is 0 Å². The van der Waals surface area contributed by atoms with E-state index in [9.17, 15) is 5.11 Å². The highest BCUT2D eigenvalue weighted by Gasteiger charge is 2.20. The fourth-order valence-electron chi connectivity index (χ4n) is 3.20. The second-order valence-electron chi connectivity index (χ2n) is 6.39. The first-order valence-corrected chi connectivity index (χ1v) is 9.30. The molecule has 0 atom stereocenters. The molecule has 27 heavy (non-hydrogen) atoms. The Bertz CT molecular complexity index is 805. The van der Waals surface area contributed by atoms with Gasteiger partial charge in [-0.3, -0.25) is 0 Å². The molecule has 0 amide bonds. The third-order valence-electron chi connectivity index (χ3n) is 4.43. The number of ether oxygens (including phenoxy) is 1. The highest BCUT2D eigenvalue weighted by molar-refractivity contribution is 5.30. The van der Waals surface area contributed by atoms with Crippen LogP contribution in [-0.2, 0) is 17.6 Å². The van der Waals surface area contributed by atoms with Crippen molar-refractivity contribution < 1.29 is 9.84 Å². The van der Waals surface area contributed by atoms with Crippen molar-refractivity contribution in [2.45, 2.75) is 25.8 Å². The summed E-state index contributed by atoms with van der Waals surface area (Å²) in [5.41, 5.74) is 6.32. The summed E-state index contributed by atoms with van der Waals surface area (Å²) in [6.07, 6.45) is 9.70. The summed E-state index contributed by atoms with van der Waals surface area (Å²) in [6.45, 7) is 2.24. The van der Waals surface area contributed by atoms with Crippen molar-refractivity contribution in [2.24, 2.45) is 0 Å². The molecule has 1 aliphatic rings. The molecule has 1 heterocycles. The van der Waals surface area contributed by atoms with Gasteiger partial charge in [0, 0.05) is 12.2 Å². The molecular weight excluding hydrogens is 334 g/mol. The number of hydrogen-bond donors (Lipinski definition) is 1. The van der Waals surface area contributed by atoms with Gasteiger partial charge in [-0.2, -0.15) is 0 Å². The van der Waals surface area contributed by atoms with Gasteiger partial charge in [0.2, 0.25) is 0 Å². The van der Waals surface area contributed by atoms with Gasteiger partial charge in [0.25, 0.3) is 0 Å². The topological polar surface area (TPSA) is 32.7 Å². The predicted octanol–water partition coefficient (Wildman–Crippen LogP) is 5.14. The molecule has 1 aliphatic heterocycles. The number of benzene rings is 2. The minimum atomic E-state index is -0.185. The molecule has 0 saturated carbocycles. The van der Waals surface area contributed by atoms with Crippen molar-refractivity contribution in [3.63, 3.8) is 0 Å². The van der Waals surface area contributed by atoms with Gasteiger partial charge in [-0.25, -0.2) is 0 Å². The van der Waals surface area contributed by atoms with Crippen LogP contribution in [0.25, 0.3) is 0 Å². The number of aliphatic hydroxyl groups excluding tert-OH is 1. The van der Waals surface area contributed by atoms with Crippen molar-refractivity contribution in [2.75, 3.05) is 6.61 Å². The maximum Gasteiger partial charge on any atom is 0.327 e. The summed E-state index contributed by atoms with van der Waals surface area (Å²) in [4.78, 5) is 2.16. The summed E-state index contributed by atoms with van der Waals surface area (Å²) < 4.78 is 5.16. The van der Waals surface area contributed by atoms with Crippen LogP contribution in [0, 0.1) is 0 Å². The monoisotopic (exact) mass is 359 g/mol. The van der Waals surface area contributed by atoms with Gasteiger partial charge in [0.1, 0.15) is 0 Å². The minimum Gasteiger partial charge on any atom is -0.475 e. The lowest BCUT2D eigenvalue weighted by Gasteiger charge is -2.32. The van der Waals surface area contributed by atoms with Gasteiger partial charge in [-0.15, -0.1) is 0 Å². The molecule has 0 radical (unpaired) electrons. The van der Waals surface area contributed by atoms with Gasteiger partial charge < -0.3 is 14.7 Å². The second-order valence-corrected chi connectivity index (χ2v) is 6.39. The first-order chi connectivity index (χ1) is 13.3. The molecule has 138 valence electrons. The number of nitrogens with zero attached hydrogens (tertiary/aromatic N) is 1. The fraction of sp³-hybridized carbons (Fsp3) is 0.208. The highest BCUT2D eigenvalue weighted by Crippen LogP contribution is 2.22. The molecule has 1 N–H and O–H groups in total. The Hall–Kier alpha value is -3.16. The Morgan fingerprint density at radius 1 is 0.963 bits per heavy atom. The average Bonchev–Trinajstić information content (AvgIpc) is 2.70. The maximum absolute atomic E-state index is 9.96. The summed E-state index contributed by atoms with van der Waals surface area (Å²) in [5, 5.41) is 9.96. The zero-order valence-corrected chi connectivity index (χ0v) is 15.6. The summed E-state index contributed by atoms with van der Waals surface area (Å²) in [6, 6.07) is 21.1. The standard InChI is InChI=1S/C24H25NO2/c1-2-27-24(26)19-22-15-9-10-16-25(22)23(17-20-11-5-3-6-12-20)18-21-13-7-4-8-14-21/h3-16,23,26H,2,17-18H2,1H3. The zero-order chi connectivity index (χ0) is 18.9. The highest BCUT2D eigenvalue weighted by atomic mass is 16.6. The third kappa shape index (κ3) is 5.40. The Balaban J connectivity index is 1.93. The molecule has 3 nitrogen and oxygen atoms in total. The van der Waals surface area contributed by atoms with E-state index in [1.165, 1.54) is 11.1 Å². The lowest BCUT2D eigenvalue weighted by atomic mass is 9.97. The first-order valence-electron chi connectivity index (χ1n) is 9.30. The van der Waals surface area contributed by atoms with E-state index in [0.29, 0.717) is 6.61 Å². The van der Waals surface area contributed by atoms with Gasteiger partial charge >= 0.3 is 5.95 Å². The molecule has 2 aromatic carbocycles. The molecule has 3 heteroatoms. The molecule has 0 unspecified atom stereocenters. The molecule has 0 fully saturated rings. The molecule has 0 aromatic heterocycles. The number of hydrogen-bond acceptors (Lipinski definition) is 3. The molecule has 0 saturated heterocycles. The van der Waals surface area contributed by atoms with Crippen molar-refractivity contribution in [3.05, 3.63) is 114 Å². The summed E-state index contributed by atoms with van der Waals surface area (Å²) >= 11 is 0. The van der Waals surface area contributed by atoms with Crippen LogP contribution in [0.5, 0.6) is 0 Å². The van der Waals surface area contributed by atoms with Gasteiger partial charge in [0.15, 0.2) is 0 Å². The Morgan fingerprint density at radius 3 is 2.11 bits per heavy atom. The van der Waals surface area contributed by atoms with Crippen molar-refractivity contribution in [3.8, 4) is 0 Å². The zero-order valence-electron chi connectivity index (χ0n) is 15.6. The van der Waals surface area contributed by atoms with Crippen molar-refractivity contribution in [1.29, 1.82) is 0 Å². The van der Waals surface area contributed by atoms with Crippen LogP contribution >= 0.6 is 0 Å². The first kappa shape index (κ1) is 18.6. The SMILES string of the molecule is CCOC(O)=C=C1C=CC=CN1C(Cc1ccccc1)Cc1ccccc1. The largest absolute Gasteiger partial charge is 0.475 e. The third-order valence-corrected chi connectivity index (χ3v) is 4.43. The molecule has 0 aliphatic carbocycles. The Kier molecular flexibility index (Phi) is 6.56. The van der Waals surface area contributed by atoms with E-state index >= 15 is 0 Å². The van der Waals surface area contributed by atoms with Crippen LogP contribution < -0.4 is 0 Å². The number of aliphatic hydroxyl groups is 1. The minimum absolute atomic E-state index is 0.185. The van der Waals surface area contributed by atoms with Gasteiger partial charge in [0.05, 0.1) is 12.3 Å². The van der Waals surface area contributed by atoms with E-state index in [-0.39, 0.29) is 12.0 Å². The van der Waals surface area contributed by atoms with E-state index in [1.54, 1.807) is 0 Å². The van der Waals surface area contributed by atoms with Crippen LogP contribution in [0.4, 0.5) is 0 Å². The number of rotatable bonds is 7. The fourth-order valence-corrected chi connectivity index (χ4v) is 3.20. The second kappa shape index (κ2) is 9.51. The van der Waals surface area contributed by atoms with Crippen LogP contribution in [0.3, 0.4) is 0 Å². The normalized spacial score (nSPS) is 13.0. The average molecular weight is 359 g/mol.